The summed E-state index contributed by atoms with van der Waals surface area (Å²) in [6, 6.07) is 8.66. The summed E-state index contributed by atoms with van der Waals surface area (Å²) in [6.45, 7) is 3.83. The van der Waals surface area contributed by atoms with Gasteiger partial charge in [0, 0.05) is 11.3 Å². The van der Waals surface area contributed by atoms with Gasteiger partial charge in [-0.2, -0.15) is 0 Å². The summed E-state index contributed by atoms with van der Waals surface area (Å²) in [5.74, 6) is -2.47. The largest absolute Gasteiger partial charge is 0.322 e. The zero-order valence-corrected chi connectivity index (χ0v) is 10.6. The van der Waals surface area contributed by atoms with Crippen molar-refractivity contribution >= 4 is 11.6 Å². The molecule has 0 aliphatic carbocycles. The molecule has 19 heavy (non-hydrogen) atoms. The van der Waals surface area contributed by atoms with E-state index in [9.17, 15) is 13.6 Å². The molecule has 0 aliphatic rings. The quantitative estimate of drug-likeness (QED) is 0.874. The zero-order valence-electron chi connectivity index (χ0n) is 10.6. The van der Waals surface area contributed by atoms with Crippen molar-refractivity contribution in [3.8, 4) is 0 Å². The number of carbonyl (C=O) groups excluding carboxylic acids is 1. The third-order valence-corrected chi connectivity index (χ3v) is 2.66. The van der Waals surface area contributed by atoms with E-state index < -0.39 is 17.5 Å². The Morgan fingerprint density at radius 3 is 2.16 bits per heavy atom. The maximum Gasteiger partial charge on any atom is 0.255 e. The van der Waals surface area contributed by atoms with E-state index in [0.29, 0.717) is 5.69 Å². The van der Waals surface area contributed by atoms with E-state index >= 15 is 0 Å². The van der Waals surface area contributed by atoms with Crippen LogP contribution in [0.4, 0.5) is 14.5 Å². The summed E-state index contributed by atoms with van der Waals surface area (Å²) in [6.07, 6.45) is 0. The minimum absolute atomic E-state index is 0.0815. The van der Waals surface area contributed by atoms with Crippen molar-refractivity contribution in [3.63, 3.8) is 0 Å². The molecule has 0 radical (unpaired) electrons. The van der Waals surface area contributed by atoms with Crippen LogP contribution in [0.2, 0.25) is 0 Å². The molecule has 4 heteroatoms. The Labute approximate surface area is 110 Å². The molecular weight excluding hydrogens is 248 g/mol. The highest BCUT2D eigenvalue weighted by molar-refractivity contribution is 6.04. The maximum absolute atomic E-state index is 13.1. The van der Waals surface area contributed by atoms with Gasteiger partial charge in [-0.3, -0.25) is 4.79 Å². The number of benzene rings is 2. The Morgan fingerprint density at radius 2 is 1.58 bits per heavy atom. The molecule has 1 amide bonds. The summed E-state index contributed by atoms with van der Waals surface area (Å²) < 4.78 is 25.8. The van der Waals surface area contributed by atoms with Crippen molar-refractivity contribution in [1.82, 2.24) is 0 Å². The number of hydrogen-bond acceptors (Lipinski definition) is 1. The lowest BCUT2D eigenvalue weighted by Gasteiger charge is -2.07. The molecule has 2 nitrogen and oxygen atoms in total. The molecule has 0 unspecified atom stereocenters. The molecule has 1 N–H and O–H groups in total. The van der Waals surface area contributed by atoms with Crippen LogP contribution in [0.3, 0.4) is 0 Å². The molecule has 0 saturated carbocycles. The fourth-order valence-electron chi connectivity index (χ4n) is 1.89. The number of halogens is 2. The van der Waals surface area contributed by atoms with Crippen LogP contribution >= 0.6 is 0 Å². The minimum Gasteiger partial charge on any atom is -0.322 e. The first-order valence-electron chi connectivity index (χ1n) is 5.80. The normalized spacial score (nSPS) is 10.3. The van der Waals surface area contributed by atoms with Gasteiger partial charge in [-0.15, -0.1) is 0 Å². The first-order chi connectivity index (χ1) is 8.95. The van der Waals surface area contributed by atoms with Gasteiger partial charge < -0.3 is 5.32 Å². The Hall–Kier alpha value is -2.23. The molecule has 0 bridgehead atoms. The van der Waals surface area contributed by atoms with E-state index in [2.05, 4.69) is 5.32 Å². The van der Waals surface area contributed by atoms with Crippen LogP contribution in [0, 0.1) is 25.5 Å². The number of nitrogens with one attached hydrogen (secondary N) is 1. The van der Waals surface area contributed by atoms with Gasteiger partial charge in [0.1, 0.15) is 0 Å². The monoisotopic (exact) mass is 261 g/mol. The van der Waals surface area contributed by atoms with E-state index in [1.165, 1.54) is 6.07 Å². The van der Waals surface area contributed by atoms with Crippen molar-refractivity contribution < 1.29 is 13.6 Å². The Bertz CT molecular complexity index is 618. The molecule has 0 aliphatic heterocycles. The van der Waals surface area contributed by atoms with Crippen molar-refractivity contribution in [2.45, 2.75) is 13.8 Å². The molecule has 98 valence electrons. The first kappa shape index (κ1) is 13.2. The van der Waals surface area contributed by atoms with Crippen molar-refractivity contribution in [3.05, 3.63) is 64.7 Å². The number of rotatable bonds is 2. The lowest BCUT2D eigenvalue weighted by Crippen LogP contribution is -2.12. The minimum atomic E-state index is -1.03. The molecule has 0 saturated heterocycles. The van der Waals surface area contributed by atoms with E-state index in [1.807, 2.05) is 32.0 Å². The van der Waals surface area contributed by atoms with E-state index in [-0.39, 0.29) is 5.56 Å². The van der Waals surface area contributed by atoms with Crippen LogP contribution in [0.15, 0.2) is 36.4 Å². The van der Waals surface area contributed by atoms with Gasteiger partial charge in [0.15, 0.2) is 11.6 Å². The molecule has 0 heterocycles. The van der Waals surface area contributed by atoms with E-state index in [0.717, 1.165) is 23.3 Å². The van der Waals surface area contributed by atoms with Crippen molar-refractivity contribution in [2.75, 3.05) is 5.32 Å². The molecule has 0 aromatic heterocycles. The lowest BCUT2D eigenvalue weighted by molar-refractivity contribution is 0.102. The molecular formula is C15H13F2NO. The highest BCUT2D eigenvalue weighted by Gasteiger charge is 2.10. The molecule has 0 spiro atoms. The average Bonchev–Trinajstić information content (AvgIpc) is 2.31. The molecule has 0 atom stereocenters. The van der Waals surface area contributed by atoms with Crippen LogP contribution < -0.4 is 5.32 Å². The van der Waals surface area contributed by atoms with Gasteiger partial charge >= 0.3 is 0 Å². The number of amides is 1. The number of aryl methyl sites for hydroxylation is 2. The fourth-order valence-corrected chi connectivity index (χ4v) is 1.89. The second kappa shape index (κ2) is 5.18. The van der Waals surface area contributed by atoms with Crippen molar-refractivity contribution in [1.29, 1.82) is 0 Å². The average molecular weight is 261 g/mol. The summed E-state index contributed by atoms with van der Waals surface area (Å²) in [4.78, 5) is 11.9. The summed E-state index contributed by atoms with van der Waals surface area (Å²) in [5.41, 5.74) is 2.74. The SMILES string of the molecule is Cc1cc(C)cc(NC(=O)c2ccc(F)c(F)c2)c1. The second-order valence-electron chi connectivity index (χ2n) is 4.46. The summed E-state index contributed by atoms with van der Waals surface area (Å²) >= 11 is 0. The Morgan fingerprint density at radius 1 is 0.947 bits per heavy atom. The number of carbonyl (C=O) groups is 1. The predicted octanol–water partition coefficient (Wildman–Crippen LogP) is 3.83. The molecule has 2 aromatic carbocycles. The van der Waals surface area contributed by atoms with Gasteiger partial charge in [0.25, 0.3) is 5.91 Å². The summed E-state index contributed by atoms with van der Waals surface area (Å²) in [7, 11) is 0. The first-order valence-corrected chi connectivity index (χ1v) is 5.80. The van der Waals surface area contributed by atoms with Crippen LogP contribution in [-0.2, 0) is 0 Å². The van der Waals surface area contributed by atoms with Crippen molar-refractivity contribution in [2.24, 2.45) is 0 Å². The lowest BCUT2D eigenvalue weighted by atomic mass is 10.1. The second-order valence-corrected chi connectivity index (χ2v) is 4.46. The highest BCUT2D eigenvalue weighted by atomic mass is 19.2. The van der Waals surface area contributed by atoms with Gasteiger partial charge in [0.05, 0.1) is 0 Å². The topological polar surface area (TPSA) is 29.1 Å². The van der Waals surface area contributed by atoms with Gasteiger partial charge in [-0.05, 0) is 55.3 Å². The third kappa shape index (κ3) is 3.16. The van der Waals surface area contributed by atoms with Crippen LogP contribution in [0.1, 0.15) is 21.5 Å². The fraction of sp³-hybridized carbons (Fsp3) is 0.133. The number of anilines is 1. The van der Waals surface area contributed by atoms with Crippen LogP contribution in [0.5, 0.6) is 0 Å². The third-order valence-electron chi connectivity index (χ3n) is 2.66. The summed E-state index contributed by atoms with van der Waals surface area (Å²) in [5, 5.41) is 2.66. The molecule has 2 rings (SSSR count). The predicted molar refractivity (Wildman–Crippen MR) is 70.2 cm³/mol. The Balaban J connectivity index is 2.22. The van der Waals surface area contributed by atoms with E-state index in [4.69, 9.17) is 0 Å². The number of hydrogen-bond donors (Lipinski definition) is 1. The smallest absolute Gasteiger partial charge is 0.255 e. The maximum atomic E-state index is 13.1. The standard InChI is InChI=1S/C15H13F2NO/c1-9-5-10(2)7-12(6-9)18-15(19)11-3-4-13(16)14(17)8-11/h3-8H,1-2H3,(H,18,19). The van der Waals surface area contributed by atoms with Gasteiger partial charge in [-0.1, -0.05) is 6.07 Å². The zero-order chi connectivity index (χ0) is 14.0. The van der Waals surface area contributed by atoms with Gasteiger partial charge in [0.2, 0.25) is 0 Å². The highest BCUT2D eigenvalue weighted by Crippen LogP contribution is 2.16. The van der Waals surface area contributed by atoms with Crippen LogP contribution in [0.25, 0.3) is 0 Å². The van der Waals surface area contributed by atoms with Crippen LogP contribution in [-0.4, -0.2) is 5.91 Å². The molecule has 2 aromatic rings. The Kier molecular flexibility index (Phi) is 3.60. The van der Waals surface area contributed by atoms with Gasteiger partial charge in [-0.25, -0.2) is 8.78 Å². The van der Waals surface area contributed by atoms with E-state index in [1.54, 1.807) is 0 Å². The molecule has 0 fully saturated rings.